The number of aliphatic hydroxyl groups excluding tert-OH is 2. The third-order valence-corrected chi connectivity index (χ3v) is 3.21. The molecular weight excluding hydrogens is 240 g/mol. The van der Waals surface area contributed by atoms with Crippen LogP contribution >= 0.6 is 0 Å². The molecule has 1 aliphatic rings. The third kappa shape index (κ3) is 3.85. The van der Waals surface area contributed by atoms with Crippen molar-refractivity contribution in [3.8, 4) is 0 Å². The van der Waals surface area contributed by atoms with Crippen LogP contribution in [0.25, 0.3) is 0 Å². The van der Waals surface area contributed by atoms with Gasteiger partial charge in [-0.25, -0.2) is 9.59 Å². The van der Waals surface area contributed by atoms with E-state index in [2.05, 4.69) is 5.32 Å². The fraction of sp³-hybridized carbons (Fsp3) is 0.818. The SMILES string of the molecule is CC(O)C1CCN(C(=O)N[C@H](CCO)C(=O)O)C1. The molecule has 2 unspecified atom stereocenters. The molecule has 0 spiro atoms. The highest BCUT2D eigenvalue weighted by Crippen LogP contribution is 2.19. The highest BCUT2D eigenvalue weighted by Gasteiger charge is 2.30. The van der Waals surface area contributed by atoms with E-state index in [4.69, 9.17) is 10.2 Å². The van der Waals surface area contributed by atoms with Crippen molar-refractivity contribution < 1.29 is 24.9 Å². The van der Waals surface area contributed by atoms with E-state index < -0.39 is 24.1 Å². The fourth-order valence-corrected chi connectivity index (χ4v) is 1.99. The zero-order valence-corrected chi connectivity index (χ0v) is 10.4. The molecule has 1 saturated heterocycles. The molecule has 0 aromatic rings. The van der Waals surface area contributed by atoms with Gasteiger partial charge in [-0.3, -0.25) is 0 Å². The third-order valence-electron chi connectivity index (χ3n) is 3.21. The number of hydrogen-bond acceptors (Lipinski definition) is 4. The molecule has 1 fully saturated rings. The molecule has 0 bridgehead atoms. The first-order chi connectivity index (χ1) is 8.45. The standard InChI is InChI=1S/C11H20N2O5/c1-7(15)8-2-4-13(6-8)11(18)12-9(3-5-14)10(16)17/h7-9,14-15H,2-6H2,1H3,(H,12,18)(H,16,17)/t7?,8?,9-/m1/s1. The molecule has 7 nitrogen and oxygen atoms in total. The van der Waals surface area contributed by atoms with Crippen molar-refractivity contribution in [3.05, 3.63) is 0 Å². The van der Waals surface area contributed by atoms with E-state index in [1.54, 1.807) is 6.92 Å². The van der Waals surface area contributed by atoms with Crippen molar-refractivity contribution in [3.63, 3.8) is 0 Å². The Balaban J connectivity index is 2.48. The molecule has 7 heteroatoms. The zero-order chi connectivity index (χ0) is 13.7. The van der Waals surface area contributed by atoms with Gasteiger partial charge in [-0.05, 0) is 13.3 Å². The molecule has 104 valence electrons. The van der Waals surface area contributed by atoms with Crippen LogP contribution in [0.2, 0.25) is 0 Å². The van der Waals surface area contributed by atoms with Gasteiger partial charge in [0.05, 0.1) is 6.10 Å². The largest absolute Gasteiger partial charge is 0.480 e. The summed E-state index contributed by atoms with van der Waals surface area (Å²) in [6.45, 7) is 2.31. The minimum atomic E-state index is -1.16. The van der Waals surface area contributed by atoms with Crippen molar-refractivity contribution >= 4 is 12.0 Å². The first-order valence-electron chi connectivity index (χ1n) is 6.03. The molecule has 18 heavy (non-hydrogen) atoms. The molecule has 2 amide bonds. The number of carbonyl (C=O) groups is 2. The van der Waals surface area contributed by atoms with Gasteiger partial charge in [0.2, 0.25) is 0 Å². The van der Waals surface area contributed by atoms with Crippen molar-refractivity contribution in [1.82, 2.24) is 10.2 Å². The molecule has 0 aromatic carbocycles. The van der Waals surface area contributed by atoms with Crippen molar-refractivity contribution in [2.24, 2.45) is 5.92 Å². The Hall–Kier alpha value is -1.34. The van der Waals surface area contributed by atoms with Gasteiger partial charge in [-0.1, -0.05) is 0 Å². The summed E-state index contributed by atoms with van der Waals surface area (Å²) in [6.07, 6.45) is 0.216. The number of urea groups is 1. The van der Waals surface area contributed by atoms with Crippen LogP contribution in [0.3, 0.4) is 0 Å². The van der Waals surface area contributed by atoms with E-state index in [0.29, 0.717) is 19.5 Å². The Morgan fingerprint density at radius 2 is 2.17 bits per heavy atom. The number of hydrogen-bond donors (Lipinski definition) is 4. The van der Waals surface area contributed by atoms with Crippen molar-refractivity contribution in [1.29, 1.82) is 0 Å². The second-order valence-corrected chi connectivity index (χ2v) is 4.59. The van der Waals surface area contributed by atoms with Gasteiger partial charge >= 0.3 is 12.0 Å². The quantitative estimate of drug-likeness (QED) is 0.519. The van der Waals surface area contributed by atoms with Gasteiger partial charge in [0.15, 0.2) is 0 Å². The van der Waals surface area contributed by atoms with Crippen LogP contribution in [0.15, 0.2) is 0 Å². The first-order valence-corrected chi connectivity index (χ1v) is 6.03. The smallest absolute Gasteiger partial charge is 0.326 e. The summed E-state index contributed by atoms with van der Waals surface area (Å²) in [5.74, 6) is -1.12. The molecule has 0 saturated carbocycles. The fourth-order valence-electron chi connectivity index (χ4n) is 1.99. The lowest BCUT2D eigenvalue weighted by Gasteiger charge is -2.21. The number of nitrogens with one attached hydrogen (secondary N) is 1. The second kappa shape index (κ2) is 6.55. The van der Waals surface area contributed by atoms with Crippen LogP contribution in [0.1, 0.15) is 19.8 Å². The number of amides is 2. The summed E-state index contributed by atoms with van der Waals surface area (Å²) in [4.78, 5) is 24.1. The zero-order valence-electron chi connectivity index (χ0n) is 10.4. The number of carboxylic acids is 1. The van der Waals surface area contributed by atoms with Crippen LogP contribution in [0, 0.1) is 5.92 Å². The normalized spacial score (nSPS) is 22.6. The lowest BCUT2D eigenvalue weighted by molar-refractivity contribution is -0.139. The van der Waals surface area contributed by atoms with Gasteiger partial charge in [-0.2, -0.15) is 0 Å². The average molecular weight is 260 g/mol. The molecule has 0 radical (unpaired) electrons. The molecule has 3 atom stereocenters. The van der Waals surface area contributed by atoms with Crippen LogP contribution in [-0.4, -0.2) is 64.1 Å². The Labute approximate surface area is 105 Å². The first kappa shape index (κ1) is 14.7. The van der Waals surface area contributed by atoms with Crippen LogP contribution < -0.4 is 5.32 Å². The molecule has 1 rings (SSSR count). The van der Waals surface area contributed by atoms with E-state index in [-0.39, 0.29) is 18.9 Å². The highest BCUT2D eigenvalue weighted by atomic mass is 16.4. The van der Waals surface area contributed by atoms with Crippen LogP contribution in [0.5, 0.6) is 0 Å². The van der Waals surface area contributed by atoms with E-state index in [1.165, 1.54) is 4.90 Å². The van der Waals surface area contributed by atoms with Gasteiger partial charge in [0.25, 0.3) is 0 Å². The van der Waals surface area contributed by atoms with Crippen LogP contribution in [0.4, 0.5) is 4.79 Å². The summed E-state index contributed by atoms with van der Waals surface area (Å²) < 4.78 is 0. The van der Waals surface area contributed by atoms with Gasteiger partial charge in [-0.15, -0.1) is 0 Å². The highest BCUT2D eigenvalue weighted by molar-refractivity contribution is 5.82. The Kier molecular flexibility index (Phi) is 5.36. The van der Waals surface area contributed by atoms with Crippen molar-refractivity contribution in [2.75, 3.05) is 19.7 Å². The predicted molar refractivity (Wildman–Crippen MR) is 63.0 cm³/mol. The Morgan fingerprint density at radius 3 is 2.61 bits per heavy atom. The summed E-state index contributed by atoms with van der Waals surface area (Å²) in [5.41, 5.74) is 0. The molecule has 1 aliphatic heterocycles. The maximum absolute atomic E-state index is 11.8. The molecular formula is C11H20N2O5. The molecule has 0 aliphatic carbocycles. The summed E-state index contributed by atoms with van der Waals surface area (Å²) >= 11 is 0. The van der Waals surface area contributed by atoms with Gasteiger partial charge in [0.1, 0.15) is 6.04 Å². The maximum Gasteiger partial charge on any atom is 0.326 e. The van der Waals surface area contributed by atoms with Gasteiger partial charge < -0.3 is 25.5 Å². The average Bonchev–Trinajstić information content (AvgIpc) is 2.77. The van der Waals surface area contributed by atoms with E-state index in [9.17, 15) is 14.7 Å². The monoisotopic (exact) mass is 260 g/mol. The topological polar surface area (TPSA) is 110 Å². The number of aliphatic hydroxyl groups is 2. The number of aliphatic carboxylic acids is 1. The van der Waals surface area contributed by atoms with E-state index in [0.717, 1.165) is 0 Å². The minimum absolute atomic E-state index is 0.0191. The second-order valence-electron chi connectivity index (χ2n) is 4.59. The predicted octanol–water partition coefficient (Wildman–Crippen LogP) is -0.766. The number of likely N-dealkylation sites (tertiary alicyclic amines) is 1. The molecule has 4 N–H and O–H groups in total. The number of carbonyl (C=O) groups excluding carboxylic acids is 1. The van der Waals surface area contributed by atoms with E-state index in [1.807, 2.05) is 0 Å². The number of carboxylic acid groups (broad SMARTS) is 1. The lowest BCUT2D eigenvalue weighted by atomic mass is 10.0. The molecule has 1 heterocycles. The minimum Gasteiger partial charge on any atom is -0.480 e. The number of nitrogens with zero attached hydrogens (tertiary/aromatic N) is 1. The Bertz CT molecular complexity index is 308. The summed E-state index contributed by atoms with van der Waals surface area (Å²) in [6, 6.07) is -1.54. The van der Waals surface area contributed by atoms with Crippen LogP contribution in [-0.2, 0) is 4.79 Å². The Morgan fingerprint density at radius 1 is 1.50 bits per heavy atom. The number of rotatable bonds is 5. The van der Waals surface area contributed by atoms with Gasteiger partial charge in [0, 0.05) is 32.0 Å². The lowest BCUT2D eigenvalue weighted by Crippen LogP contribution is -2.47. The molecule has 0 aromatic heterocycles. The maximum atomic E-state index is 11.8. The summed E-state index contributed by atoms with van der Waals surface area (Å²) in [5, 5.41) is 29.4. The van der Waals surface area contributed by atoms with Crippen molar-refractivity contribution in [2.45, 2.75) is 31.9 Å². The van der Waals surface area contributed by atoms with E-state index >= 15 is 0 Å². The summed E-state index contributed by atoms with van der Waals surface area (Å²) in [7, 11) is 0.